The molecule has 0 saturated carbocycles. The van der Waals surface area contributed by atoms with Gasteiger partial charge in [-0.25, -0.2) is 4.79 Å². The van der Waals surface area contributed by atoms with Crippen molar-refractivity contribution in [2.45, 2.75) is 51.7 Å². The van der Waals surface area contributed by atoms with Crippen LogP contribution in [-0.2, 0) is 24.1 Å². The number of benzene rings is 1. The molecule has 0 radical (unpaired) electrons. The Morgan fingerprint density at radius 1 is 1.25 bits per heavy atom. The van der Waals surface area contributed by atoms with Crippen LogP contribution in [0.2, 0.25) is 0 Å². The second-order valence-electron chi connectivity index (χ2n) is 9.93. The van der Waals surface area contributed by atoms with Crippen molar-refractivity contribution in [1.82, 2.24) is 14.5 Å². The minimum absolute atomic E-state index is 0.0774. The lowest BCUT2D eigenvalue weighted by atomic mass is 9.89. The molecular formula is C26H28N4O5S. The van der Waals surface area contributed by atoms with E-state index >= 15 is 0 Å². The van der Waals surface area contributed by atoms with Gasteiger partial charge in [-0.05, 0) is 25.5 Å². The topological polar surface area (TPSA) is 113 Å². The summed E-state index contributed by atoms with van der Waals surface area (Å²) in [5.41, 5.74) is 4.98. The Labute approximate surface area is 211 Å². The molecule has 1 aromatic carbocycles. The molecule has 3 aromatic rings. The molecule has 1 fully saturated rings. The molecule has 5 heterocycles. The minimum Gasteiger partial charge on any atom is -0.616 e. The van der Waals surface area contributed by atoms with E-state index in [1.165, 1.54) is 12.3 Å². The zero-order chi connectivity index (χ0) is 25.1. The first-order valence-electron chi connectivity index (χ1n) is 12.3. The smallest absolute Gasteiger partial charge is 0.341 e. The van der Waals surface area contributed by atoms with Crippen LogP contribution in [0.5, 0.6) is 5.75 Å². The monoisotopic (exact) mass is 508 g/mol. The molecule has 2 aromatic heterocycles. The Hall–Kier alpha value is -3.24. The van der Waals surface area contributed by atoms with Crippen molar-refractivity contribution >= 4 is 17.1 Å². The van der Waals surface area contributed by atoms with E-state index in [1.807, 2.05) is 29.4 Å². The first-order valence-corrected chi connectivity index (χ1v) is 13.8. The fourth-order valence-corrected chi connectivity index (χ4v) is 6.86. The van der Waals surface area contributed by atoms with Gasteiger partial charge in [-0.15, -0.1) is 0 Å². The van der Waals surface area contributed by atoms with Gasteiger partial charge in [0.1, 0.15) is 22.8 Å². The molecule has 36 heavy (non-hydrogen) atoms. The van der Waals surface area contributed by atoms with Crippen LogP contribution in [-0.4, -0.2) is 54.2 Å². The normalized spacial score (nSPS) is 20.6. The van der Waals surface area contributed by atoms with Crippen molar-refractivity contribution < 1.29 is 19.2 Å². The Bertz CT molecular complexity index is 1420. The van der Waals surface area contributed by atoms with Crippen LogP contribution in [0.4, 0.5) is 0 Å². The largest absolute Gasteiger partial charge is 0.616 e. The summed E-state index contributed by atoms with van der Waals surface area (Å²) in [7, 11) is 0. The van der Waals surface area contributed by atoms with Crippen molar-refractivity contribution in [3.05, 3.63) is 57.6 Å². The number of nitrogens with zero attached hydrogens (tertiary/aromatic N) is 4. The van der Waals surface area contributed by atoms with Crippen LogP contribution in [0, 0.1) is 0 Å². The van der Waals surface area contributed by atoms with Gasteiger partial charge < -0.3 is 19.4 Å². The van der Waals surface area contributed by atoms with Crippen molar-refractivity contribution in [2.24, 2.45) is 0 Å². The van der Waals surface area contributed by atoms with Crippen molar-refractivity contribution in [3.8, 4) is 28.1 Å². The number of hydrogen-bond donors (Lipinski definition) is 1. The maximum atomic E-state index is 12.7. The van der Waals surface area contributed by atoms with Gasteiger partial charge in [0.2, 0.25) is 0 Å². The number of hydrogen-bond acceptors (Lipinski definition) is 6. The fraction of sp³-hybridized carbons (Fsp3) is 0.423. The van der Waals surface area contributed by atoms with Crippen LogP contribution in [0.25, 0.3) is 22.4 Å². The van der Waals surface area contributed by atoms with Gasteiger partial charge in [-0.3, -0.25) is 14.2 Å². The number of carbonyl (C=O) groups is 1. The number of carboxylic acid groups (broad SMARTS) is 1. The molecule has 6 rings (SSSR count). The van der Waals surface area contributed by atoms with Gasteiger partial charge in [0, 0.05) is 66.0 Å². The molecule has 10 heteroatoms. The molecule has 3 aliphatic heterocycles. The summed E-state index contributed by atoms with van der Waals surface area (Å²) in [6, 6.07) is 3.90. The summed E-state index contributed by atoms with van der Waals surface area (Å²) < 4.78 is 21.7. The van der Waals surface area contributed by atoms with E-state index in [1.54, 1.807) is 0 Å². The van der Waals surface area contributed by atoms with Gasteiger partial charge in [-0.2, -0.15) is 5.10 Å². The standard InChI is InChI=1S/C26H28N4O5S/c1-15(2)29-13-16-9-20(17-11-27-28(12-17)18-4-7-36(34)8-5-18)25-19(3-6-35-25)24(16)22-10-23(31)21(26(32)33)14-30(22)29/h9-12,14-15,18H,3-8,13H2,1-2H3,(H,32,33). The summed E-state index contributed by atoms with van der Waals surface area (Å²) >= 11 is -0.720. The number of pyridine rings is 1. The van der Waals surface area contributed by atoms with E-state index in [4.69, 9.17) is 4.74 Å². The number of aromatic nitrogens is 3. The van der Waals surface area contributed by atoms with E-state index in [9.17, 15) is 19.2 Å². The van der Waals surface area contributed by atoms with Crippen LogP contribution >= 0.6 is 0 Å². The first-order chi connectivity index (χ1) is 17.3. The van der Waals surface area contributed by atoms with Crippen molar-refractivity contribution in [2.75, 3.05) is 23.1 Å². The summed E-state index contributed by atoms with van der Waals surface area (Å²) in [4.78, 5) is 24.4. The third-order valence-electron chi connectivity index (χ3n) is 7.43. The highest BCUT2D eigenvalue weighted by Gasteiger charge is 2.33. The summed E-state index contributed by atoms with van der Waals surface area (Å²) in [6.45, 7) is 5.22. The highest BCUT2D eigenvalue weighted by atomic mass is 32.2. The Balaban J connectivity index is 1.48. The van der Waals surface area contributed by atoms with E-state index < -0.39 is 22.6 Å². The maximum absolute atomic E-state index is 12.7. The number of ether oxygens (including phenoxy) is 1. The molecule has 0 unspecified atom stereocenters. The summed E-state index contributed by atoms with van der Waals surface area (Å²) in [6.07, 6.45) is 7.81. The predicted molar refractivity (Wildman–Crippen MR) is 137 cm³/mol. The molecule has 9 nitrogen and oxygen atoms in total. The predicted octanol–water partition coefficient (Wildman–Crippen LogP) is 2.96. The molecule has 3 aliphatic rings. The Morgan fingerprint density at radius 2 is 2.03 bits per heavy atom. The van der Waals surface area contributed by atoms with Gasteiger partial charge >= 0.3 is 5.97 Å². The highest BCUT2D eigenvalue weighted by molar-refractivity contribution is 7.91. The number of carboxylic acids is 1. The van der Waals surface area contributed by atoms with Crippen molar-refractivity contribution in [1.29, 1.82) is 0 Å². The van der Waals surface area contributed by atoms with Crippen LogP contribution in [0.1, 0.15) is 54.2 Å². The SMILES string of the molecule is CC(C)N1Cc2cc(-c3cnn(C4CC[S+]([O-])CC4)c3)c3c(c2-c2cc(=O)c(C(=O)O)cn21)CCO3. The second kappa shape index (κ2) is 8.70. The van der Waals surface area contributed by atoms with Gasteiger partial charge in [0.25, 0.3) is 0 Å². The molecule has 188 valence electrons. The van der Waals surface area contributed by atoms with E-state index in [0.29, 0.717) is 36.8 Å². The number of aromatic carboxylic acids is 1. The second-order valence-corrected chi connectivity index (χ2v) is 11.6. The Kier molecular flexibility index (Phi) is 5.60. The molecule has 1 N–H and O–H groups in total. The molecule has 1 saturated heterocycles. The first kappa shape index (κ1) is 23.2. The van der Waals surface area contributed by atoms with E-state index in [2.05, 4.69) is 22.4 Å². The average Bonchev–Trinajstić information content (AvgIpc) is 3.53. The number of rotatable bonds is 4. The van der Waals surface area contributed by atoms with E-state index in [-0.39, 0.29) is 17.6 Å². The fourth-order valence-electron chi connectivity index (χ4n) is 5.59. The molecule has 0 atom stereocenters. The lowest BCUT2D eigenvalue weighted by Gasteiger charge is -2.39. The minimum atomic E-state index is -1.23. The van der Waals surface area contributed by atoms with Gasteiger partial charge in [0.15, 0.2) is 5.43 Å². The van der Waals surface area contributed by atoms with Crippen molar-refractivity contribution in [3.63, 3.8) is 0 Å². The third kappa shape index (κ3) is 3.70. The summed E-state index contributed by atoms with van der Waals surface area (Å²) in [5, 5.41) is 16.3. The molecule has 0 bridgehead atoms. The van der Waals surface area contributed by atoms with Crippen LogP contribution < -0.4 is 15.2 Å². The zero-order valence-electron chi connectivity index (χ0n) is 20.3. The van der Waals surface area contributed by atoms with E-state index in [0.717, 1.165) is 46.4 Å². The highest BCUT2D eigenvalue weighted by Crippen LogP contribution is 2.46. The summed E-state index contributed by atoms with van der Waals surface area (Å²) in [5.74, 6) is 1.00. The Morgan fingerprint density at radius 3 is 2.75 bits per heavy atom. The maximum Gasteiger partial charge on any atom is 0.341 e. The lowest BCUT2D eigenvalue weighted by Crippen LogP contribution is -2.44. The van der Waals surface area contributed by atoms with Crippen LogP contribution in [0.3, 0.4) is 0 Å². The molecule has 0 aliphatic carbocycles. The average molecular weight is 509 g/mol. The third-order valence-corrected chi connectivity index (χ3v) is 8.81. The number of fused-ring (bicyclic) bond motifs is 5. The molecule has 0 spiro atoms. The molecule has 0 amide bonds. The zero-order valence-corrected chi connectivity index (χ0v) is 21.1. The van der Waals surface area contributed by atoms with Gasteiger partial charge in [-0.1, -0.05) is 11.2 Å². The molecular weight excluding hydrogens is 480 g/mol. The van der Waals surface area contributed by atoms with Gasteiger partial charge in [0.05, 0.1) is 31.1 Å². The quantitative estimate of drug-likeness (QED) is 0.539. The lowest BCUT2D eigenvalue weighted by molar-refractivity contribution is 0.0694. The van der Waals surface area contributed by atoms with Crippen LogP contribution in [0.15, 0.2) is 35.5 Å².